The number of methoxy groups -OCH3 is 1. The number of likely N-dealkylation sites (tertiary alicyclic amines) is 1. The first-order valence-electron chi connectivity index (χ1n) is 10.7. The average Bonchev–Trinajstić information content (AvgIpc) is 3.30. The molecule has 7 nitrogen and oxygen atoms in total. The van der Waals surface area contributed by atoms with Gasteiger partial charge in [0.15, 0.2) is 17.5 Å². The minimum Gasteiger partial charge on any atom is -0.493 e. The van der Waals surface area contributed by atoms with Crippen molar-refractivity contribution in [3.8, 4) is 11.5 Å². The molecule has 0 aromatic heterocycles. The summed E-state index contributed by atoms with van der Waals surface area (Å²) >= 11 is 0. The fourth-order valence-corrected chi connectivity index (χ4v) is 4.23. The lowest BCUT2D eigenvalue weighted by Gasteiger charge is -2.45. The quantitative estimate of drug-likeness (QED) is 0.305. The highest BCUT2D eigenvalue weighted by molar-refractivity contribution is 14.0. The van der Waals surface area contributed by atoms with E-state index in [4.69, 9.17) is 14.2 Å². The third-order valence-electron chi connectivity index (χ3n) is 5.96. The Morgan fingerprint density at radius 3 is 2.47 bits per heavy atom. The summed E-state index contributed by atoms with van der Waals surface area (Å²) in [5.41, 5.74) is 0.173. The van der Waals surface area contributed by atoms with Crippen molar-refractivity contribution in [1.29, 1.82) is 0 Å². The van der Waals surface area contributed by atoms with E-state index in [-0.39, 0.29) is 35.6 Å². The summed E-state index contributed by atoms with van der Waals surface area (Å²) in [7, 11) is 3.47. The van der Waals surface area contributed by atoms with Crippen molar-refractivity contribution >= 4 is 29.9 Å². The largest absolute Gasteiger partial charge is 0.493 e. The Labute approximate surface area is 197 Å². The summed E-state index contributed by atoms with van der Waals surface area (Å²) < 4.78 is 17.0. The van der Waals surface area contributed by atoms with E-state index in [0.29, 0.717) is 6.54 Å². The van der Waals surface area contributed by atoms with Crippen molar-refractivity contribution in [2.75, 3.05) is 53.6 Å². The monoisotopic (exact) mass is 532 g/mol. The van der Waals surface area contributed by atoms with E-state index in [1.807, 2.05) is 38.2 Å². The Morgan fingerprint density at radius 1 is 1.17 bits per heavy atom. The molecule has 0 spiro atoms. The number of benzene rings is 1. The fourth-order valence-electron chi connectivity index (χ4n) is 4.23. The molecule has 1 atom stereocenters. The minimum absolute atomic E-state index is 0. The van der Waals surface area contributed by atoms with Crippen LogP contribution in [-0.4, -0.2) is 76.1 Å². The number of ether oxygens (including phenoxy) is 3. The second-order valence-electron chi connectivity index (χ2n) is 7.92. The number of halogens is 1. The van der Waals surface area contributed by atoms with Gasteiger partial charge in [0.2, 0.25) is 0 Å². The standard InChI is InChI=1S/C22H36N4O3.HI/c1-18(29-20-9-5-4-8-19(20)27-3)16-24-21(23-2)25-17-22(10-14-28-15-11-22)26-12-6-7-13-26;/h4-5,8-9,18H,6-7,10-17H2,1-3H3,(H2,23,24,25);1H. The molecule has 0 saturated carbocycles. The number of rotatable bonds is 8. The molecule has 2 N–H and O–H groups in total. The van der Waals surface area contributed by atoms with Gasteiger partial charge < -0.3 is 24.8 Å². The normalized spacial score (nSPS) is 20.2. The summed E-state index contributed by atoms with van der Waals surface area (Å²) in [6.45, 7) is 7.64. The Morgan fingerprint density at radius 2 is 1.83 bits per heavy atom. The first kappa shape index (κ1) is 25.0. The molecule has 2 fully saturated rings. The van der Waals surface area contributed by atoms with Crippen molar-refractivity contribution < 1.29 is 14.2 Å². The van der Waals surface area contributed by atoms with Gasteiger partial charge in [0, 0.05) is 32.3 Å². The van der Waals surface area contributed by atoms with Crippen LogP contribution in [0.15, 0.2) is 29.3 Å². The lowest BCUT2D eigenvalue weighted by atomic mass is 9.88. The number of guanidine groups is 1. The molecule has 1 unspecified atom stereocenters. The number of nitrogens with one attached hydrogen (secondary N) is 2. The topological polar surface area (TPSA) is 67.4 Å². The molecule has 170 valence electrons. The zero-order valence-electron chi connectivity index (χ0n) is 18.5. The minimum atomic E-state index is -0.0273. The SMILES string of the molecule is CN=C(NCC(C)Oc1ccccc1OC)NCC1(N2CCCC2)CCOCC1.I. The maximum Gasteiger partial charge on any atom is 0.191 e. The molecule has 2 aliphatic heterocycles. The van der Waals surface area contributed by atoms with Gasteiger partial charge in [-0.3, -0.25) is 9.89 Å². The summed E-state index contributed by atoms with van der Waals surface area (Å²) in [5, 5.41) is 6.96. The van der Waals surface area contributed by atoms with Crippen LogP contribution in [0.5, 0.6) is 11.5 Å². The van der Waals surface area contributed by atoms with Crippen LogP contribution in [0.4, 0.5) is 0 Å². The van der Waals surface area contributed by atoms with Crippen LogP contribution in [0.25, 0.3) is 0 Å². The molecule has 8 heteroatoms. The van der Waals surface area contributed by atoms with Crippen LogP contribution in [0.3, 0.4) is 0 Å². The number of nitrogens with zero attached hydrogens (tertiary/aromatic N) is 2. The van der Waals surface area contributed by atoms with Gasteiger partial charge in [-0.15, -0.1) is 24.0 Å². The van der Waals surface area contributed by atoms with Gasteiger partial charge in [0.1, 0.15) is 6.10 Å². The van der Waals surface area contributed by atoms with E-state index in [2.05, 4.69) is 20.5 Å². The Bertz CT molecular complexity index is 662. The molecular formula is C22H37IN4O3. The smallest absolute Gasteiger partial charge is 0.191 e. The molecule has 2 saturated heterocycles. The van der Waals surface area contributed by atoms with Crippen molar-refractivity contribution in [1.82, 2.24) is 15.5 Å². The van der Waals surface area contributed by atoms with Gasteiger partial charge in [-0.2, -0.15) is 0 Å². The zero-order chi connectivity index (χ0) is 20.5. The van der Waals surface area contributed by atoms with Crippen LogP contribution in [0.1, 0.15) is 32.6 Å². The second-order valence-corrected chi connectivity index (χ2v) is 7.92. The van der Waals surface area contributed by atoms with Crippen LogP contribution in [0.2, 0.25) is 0 Å². The predicted molar refractivity (Wildman–Crippen MR) is 131 cm³/mol. The van der Waals surface area contributed by atoms with Gasteiger partial charge in [0.05, 0.1) is 13.7 Å². The molecule has 2 aliphatic rings. The number of hydrogen-bond donors (Lipinski definition) is 2. The van der Waals surface area contributed by atoms with Crippen molar-refractivity contribution in [3.63, 3.8) is 0 Å². The zero-order valence-corrected chi connectivity index (χ0v) is 20.8. The van der Waals surface area contributed by atoms with E-state index in [1.165, 1.54) is 25.9 Å². The maximum atomic E-state index is 6.03. The van der Waals surface area contributed by atoms with Crippen LogP contribution >= 0.6 is 24.0 Å². The Kier molecular flexibility index (Phi) is 10.5. The molecule has 0 bridgehead atoms. The predicted octanol–water partition coefficient (Wildman–Crippen LogP) is 2.89. The van der Waals surface area contributed by atoms with E-state index in [0.717, 1.165) is 50.1 Å². The molecule has 1 aromatic carbocycles. The van der Waals surface area contributed by atoms with Crippen molar-refractivity contribution in [2.45, 2.75) is 44.2 Å². The molecule has 0 radical (unpaired) electrons. The number of aliphatic imine (C=N–C) groups is 1. The van der Waals surface area contributed by atoms with Crippen LogP contribution in [-0.2, 0) is 4.74 Å². The van der Waals surface area contributed by atoms with E-state index >= 15 is 0 Å². The van der Waals surface area contributed by atoms with E-state index < -0.39 is 0 Å². The summed E-state index contributed by atoms with van der Waals surface area (Å²) in [4.78, 5) is 7.06. The van der Waals surface area contributed by atoms with Crippen molar-refractivity contribution in [2.24, 2.45) is 4.99 Å². The maximum absolute atomic E-state index is 6.03. The molecule has 0 amide bonds. The van der Waals surface area contributed by atoms with Crippen LogP contribution in [0, 0.1) is 0 Å². The Hall–Kier alpha value is -1.26. The molecule has 30 heavy (non-hydrogen) atoms. The van der Waals surface area contributed by atoms with Gasteiger partial charge in [-0.05, 0) is 57.8 Å². The fraction of sp³-hybridized carbons (Fsp3) is 0.682. The number of para-hydroxylation sites is 2. The summed E-state index contributed by atoms with van der Waals surface area (Å²) in [6.07, 6.45) is 4.72. The highest BCUT2D eigenvalue weighted by atomic mass is 127. The lowest BCUT2D eigenvalue weighted by molar-refractivity contribution is -0.0164. The highest BCUT2D eigenvalue weighted by Gasteiger charge is 2.39. The average molecular weight is 532 g/mol. The van der Waals surface area contributed by atoms with Gasteiger partial charge >= 0.3 is 0 Å². The van der Waals surface area contributed by atoms with E-state index in [1.54, 1.807) is 7.11 Å². The molecule has 3 rings (SSSR count). The second kappa shape index (κ2) is 12.6. The van der Waals surface area contributed by atoms with Gasteiger partial charge in [-0.1, -0.05) is 12.1 Å². The molecular weight excluding hydrogens is 495 g/mol. The van der Waals surface area contributed by atoms with Crippen molar-refractivity contribution in [3.05, 3.63) is 24.3 Å². The first-order chi connectivity index (χ1) is 14.2. The summed E-state index contributed by atoms with van der Waals surface area (Å²) in [5.74, 6) is 2.31. The summed E-state index contributed by atoms with van der Waals surface area (Å²) in [6, 6.07) is 7.71. The molecule has 0 aliphatic carbocycles. The molecule has 1 aromatic rings. The highest BCUT2D eigenvalue weighted by Crippen LogP contribution is 2.30. The number of hydrogen-bond acceptors (Lipinski definition) is 5. The van der Waals surface area contributed by atoms with Gasteiger partial charge in [0.25, 0.3) is 0 Å². The van der Waals surface area contributed by atoms with Crippen LogP contribution < -0.4 is 20.1 Å². The third-order valence-corrected chi connectivity index (χ3v) is 5.96. The third kappa shape index (κ3) is 6.62. The molecule has 2 heterocycles. The first-order valence-corrected chi connectivity index (χ1v) is 10.7. The lowest BCUT2D eigenvalue weighted by Crippen LogP contribution is -2.58. The Balaban J connectivity index is 0.00000320. The van der Waals surface area contributed by atoms with E-state index in [9.17, 15) is 0 Å². The van der Waals surface area contributed by atoms with Gasteiger partial charge in [-0.25, -0.2) is 0 Å².